The van der Waals surface area contributed by atoms with Crippen LogP contribution in [0.5, 0.6) is 11.6 Å². The fourth-order valence-electron chi connectivity index (χ4n) is 5.31. The number of hydrogen-bond acceptors (Lipinski definition) is 8. The molecule has 3 heterocycles. The lowest BCUT2D eigenvalue weighted by Gasteiger charge is -2.34. The predicted octanol–water partition coefficient (Wildman–Crippen LogP) is 8.15. The van der Waals surface area contributed by atoms with Crippen LogP contribution >= 0.6 is 0 Å². The molecule has 0 aliphatic carbocycles. The maximum absolute atomic E-state index is 14.7. The summed E-state index contributed by atoms with van der Waals surface area (Å²) in [7, 11) is 0. The number of pyridine rings is 1. The molecular weight excluding hydrogens is 670 g/mol. The second kappa shape index (κ2) is 15.5. The smallest absolute Gasteiger partial charge is 0.416 e. The molecule has 0 radical (unpaired) electrons. The summed E-state index contributed by atoms with van der Waals surface area (Å²) in [6.07, 6.45) is -3.19. The van der Waals surface area contributed by atoms with E-state index in [1.165, 1.54) is 23.2 Å². The zero-order chi connectivity index (χ0) is 35.8. The third-order valence-corrected chi connectivity index (χ3v) is 7.67. The third kappa shape index (κ3) is 9.47. The molecule has 15 heteroatoms. The Morgan fingerprint density at radius 3 is 2.41 bits per heavy atom. The van der Waals surface area contributed by atoms with Crippen molar-refractivity contribution >= 4 is 29.4 Å². The van der Waals surface area contributed by atoms with Gasteiger partial charge in [0.2, 0.25) is 11.8 Å². The molecule has 262 valence electrons. The first-order valence-corrected chi connectivity index (χ1v) is 15.8. The molecular formula is C36H31F4N7O4. The van der Waals surface area contributed by atoms with E-state index < -0.39 is 36.1 Å². The van der Waals surface area contributed by atoms with Gasteiger partial charge < -0.3 is 30.3 Å². The minimum absolute atomic E-state index is 0.0143. The molecule has 0 spiro atoms. The first kappa shape index (κ1) is 34.6. The Labute approximate surface area is 289 Å². The van der Waals surface area contributed by atoms with Crippen LogP contribution in [0.1, 0.15) is 17.5 Å². The number of hydrogen-bond donors (Lipinski definition) is 3. The number of urea groups is 1. The van der Waals surface area contributed by atoms with Gasteiger partial charge in [-0.05, 0) is 66.2 Å². The van der Waals surface area contributed by atoms with Crippen molar-refractivity contribution in [3.8, 4) is 22.9 Å². The van der Waals surface area contributed by atoms with Crippen molar-refractivity contribution < 1.29 is 36.6 Å². The summed E-state index contributed by atoms with van der Waals surface area (Å²) in [5.74, 6) is 0.818. The van der Waals surface area contributed by atoms with Gasteiger partial charge in [0.25, 0.3) is 0 Å². The number of carbonyl (C=O) groups is 2. The number of aromatic nitrogens is 3. The van der Waals surface area contributed by atoms with E-state index in [1.807, 2.05) is 30.3 Å². The highest BCUT2D eigenvalue weighted by Crippen LogP contribution is 2.32. The highest BCUT2D eigenvalue weighted by molar-refractivity contribution is 5.99. The fourth-order valence-corrected chi connectivity index (χ4v) is 5.31. The van der Waals surface area contributed by atoms with Gasteiger partial charge in [0.15, 0.2) is 0 Å². The van der Waals surface area contributed by atoms with E-state index in [4.69, 9.17) is 9.47 Å². The van der Waals surface area contributed by atoms with E-state index in [0.29, 0.717) is 22.7 Å². The van der Waals surface area contributed by atoms with Gasteiger partial charge in [-0.1, -0.05) is 36.4 Å². The number of ether oxygens (including phenoxy) is 2. The van der Waals surface area contributed by atoms with Gasteiger partial charge >= 0.3 is 18.3 Å². The van der Waals surface area contributed by atoms with Crippen LogP contribution in [0.3, 0.4) is 0 Å². The summed E-state index contributed by atoms with van der Waals surface area (Å²) in [5, 5.41) is 8.08. The van der Waals surface area contributed by atoms with Crippen LogP contribution in [0.25, 0.3) is 11.3 Å². The summed E-state index contributed by atoms with van der Waals surface area (Å²) in [6, 6.07) is 23.7. The highest BCUT2D eigenvalue weighted by Gasteiger charge is 2.32. The summed E-state index contributed by atoms with van der Waals surface area (Å²) >= 11 is 0. The minimum atomic E-state index is -4.54. The van der Waals surface area contributed by atoms with E-state index in [9.17, 15) is 27.2 Å². The number of amides is 3. The predicted molar refractivity (Wildman–Crippen MR) is 181 cm³/mol. The fraction of sp³-hybridized carbons (Fsp3) is 0.194. The Kier molecular flexibility index (Phi) is 10.5. The summed E-state index contributed by atoms with van der Waals surface area (Å²) < 4.78 is 65.1. The van der Waals surface area contributed by atoms with Crippen LogP contribution in [0.2, 0.25) is 0 Å². The van der Waals surface area contributed by atoms with Gasteiger partial charge in [-0.25, -0.2) is 28.9 Å². The number of halogens is 4. The molecule has 11 nitrogen and oxygen atoms in total. The number of carbonyl (C=O) groups excluding carboxylic acids is 2. The molecule has 3 amide bonds. The van der Waals surface area contributed by atoms with Gasteiger partial charge in [0.1, 0.15) is 18.5 Å². The number of anilines is 3. The van der Waals surface area contributed by atoms with Crippen LogP contribution in [-0.4, -0.2) is 57.3 Å². The number of likely N-dealkylation sites (tertiary alicyclic amines) is 1. The maximum Gasteiger partial charge on any atom is 0.416 e. The lowest BCUT2D eigenvalue weighted by atomic mass is 10.0. The van der Waals surface area contributed by atoms with Crippen molar-refractivity contribution in [3.05, 3.63) is 121 Å². The Bertz CT molecular complexity index is 1970. The Morgan fingerprint density at radius 2 is 1.63 bits per heavy atom. The van der Waals surface area contributed by atoms with E-state index in [1.54, 1.807) is 48.7 Å². The molecule has 1 fully saturated rings. The third-order valence-electron chi connectivity index (χ3n) is 7.67. The summed E-state index contributed by atoms with van der Waals surface area (Å²) in [5.41, 5.74) is 1.29. The van der Waals surface area contributed by atoms with Crippen molar-refractivity contribution in [2.24, 2.45) is 0 Å². The van der Waals surface area contributed by atoms with Gasteiger partial charge in [0, 0.05) is 42.8 Å². The number of piperidine rings is 1. The molecule has 0 bridgehead atoms. The maximum atomic E-state index is 14.7. The van der Waals surface area contributed by atoms with Crippen molar-refractivity contribution in [2.45, 2.75) is 31.4 Å². The van der Waals surface area contributed by atoms with Crippen molar-refractivity contribution in [1.29, 1.82) is 0 Å². The topological polar surface area (TPSA) is 131 Å². The molecule has 2 atom stereocenters. The lowest BCUT2D eigenvalue weighted by Crippen LogP contribution is -2.50. The zero-order valence-electron chi connectivity index (χ0n) is 26.8. The van der Waals surface area contributed by atoms with Crippen LogP contribution in [0, 0.1) is 0 Å². The van der Waals surface area contributed by atoms with Crippen molar-refractivity contribution in [2.75, 3.05) is 29.0 Å². The second-order valence-corrected chi connectivity index (χ2v) is 11.5. The number of nitrogens with zero attached hydrogens (tertiary/aromatic N) is 4. The lowest BCUT2D eigenvalue weighted by molar-refractivity contribution is -0.137. The average Bonchev–Trinajstić information content (AvgIpc) is 3.12. The molecule has 1 aliphatic rings. The Hall–Kier alpha value is -6.25. The van der Waals surface area contributed by atoms with Crippen molar-refractivity contribution in [3.63, 3.8) is 0 Å². The molecule has 3 N–H and O–H groups in total. The summed E-state index contributed by atoms with van der Waals surface area (Å²) in [4.78, 5) is 39.7. The first-order chi connectivity index (χ1) is 24.6. The van der Waals surface area contributed by atoms with E-state index >= 15 is 0 Å². The number of nitrogens with one attached hydrogen (secondary N) is 3. The van der Waals surface area contributed by atoms with E-state index in [-0.39, 0.29) is 43.6 Å². The first-order valence-electron chi connectivity index (χ1n) is 15.8. The molecule has 1 saturated heterocycles. The largest absolute Gasteiger partial charge is 0.445 e. The van der Waals surface area contributed by atoms with Crippen LogP contribution in [-0.2, 0) is 17.5 Å². The van der Waals surface area contributed by atoms with Crippen LogP contribution in [0.15, 0.2) is 109 Å². The molecule has 0 saturated carbocycles. The average molecular weight is 702 g/mol. The molecule has 1 aliphatic heterocycles. The van der Waals surface area contributed by atoms with Gasteiger partial charge in [-0.15, -0.1) is 0 Å². The van der Waals surface area contributed by atoms with Gasteiger partial charge in [0.05, 0.1) is 23.4 Å². The van der Waals surface area contributed by atoms with Crippen LogP contribution in [0.4, 0.5) is 44.5 Å². The number of benzene rings is 3. The molecule has 51 heavy (non-hydrogen) atoms. The summed E-state index contributed by atoms with van der Waals surface area (Å²) in [6.45, 7) is 0.199. The normalized spacial score (nSPS) is 15.8. The van der Waals surface area contributed by atoms with E-state index in [2.05, 4.69) is 30.9 Å². The standard InChI is InChI=1S/C36H31F4N7O4/c37-25-19-28(21-47(20-25)35(49)50-22-23-6-2-1-3-7-23)43-33-42-17-15-31(46-33)30-10-5-16-41-32(30)51-29-13-11-26(12-14-29)44-34(48)45-27-9-4-8-24(18-27)36(38,39)40/h1-18,25,28H,19-22H2,(H,42,43,46)(H2,44,45,48)/t25-,28-/m0/s1. The molecule has 0 unspecified atom stereocenters. The SMILES string of the molecule is O=C(Nc1ccc(Oc2ncccc2-c2ccnc(N[C@H]3C[C@H](F)CN(C(=O)OCc4ccccc4)C3)n2)cc1)Nc1cccc(C(F)(F)F)c1. The van der Waals surface area contributed by atoms with Crippen LogP contribution < -0.4 is 20.7 Å². The zero-order valence-corrected chi connectivity index (χ0v) is 26.8. The molecule has 5 aromatic rings. The Balaban J connectivity index is 1.07. The number of alkyl halides is 4. The molecule has 2 aromatic heterocycles. The molecule has 6 rings (SSSR count). The Morgan fingerprint density at radius 1 is 0.843 bits per heavy atom. The number of rotatable bonds is 9. The second-order valence-electron chi connectivity index (χ2n) is 11.5. The highest BCUT2D eigenvalue weighted by atomic mass is 19.4. The monoisotopic (exact) mass is 701 g/mol. The molecule has 3 aromatic carbocycles. The van der Waals surface area contributed by atoms with E-state index in [0.717, 1.165) is 17.7 Å². The van der Waals surface area contributed by atoms with Gasteiger partial charge in [-0.2, -0.15) is 13.2 Å². The van der Waals surface area contributed by atoms with Gasteiger partial charge in [-0.3, -0.25) is 0 Å². The minimum Gasteiger partial charge on any atom is -0.445 e. The quantitative estimate of drug-likeness (QED) is 0.131. The van der Waals surface area contributed by atoms with Crippen molar-refractivity contribution in [1.82, 2.24) is 19.9 Å².